The molecule has 0 spiro atoms. The Morgan fingerprint density at radius 2 is 1.61 bits per heavy atom. The summed E-state index contributed by atoms with van der Waals surface area (Å²) in [7, 11) is -3.30. The van der Waals surface area contributed by atoms with Crippen LogP contribution in [0.4, 0.5) is 0 Å². The molecule has 4 rings (SSSR count). The molecule has 1 N–H and O–H groups in total. The molecule has 1 aliphatic heterocycles. The van der Waals surface area contributed by atoms with Crippen LogP contribution in [-0.4, -0.2) is 49.0 Å². The molecule has 1 aliphatic rings. The topological polar surface area (TPSA) is 80.7 Å². The molecule has 0 radical (unpaired) electrons. The summed E-state index contributed by atoms with van der Waals surface area (Å²) in [5, 5.41) is 4.05. The predicted molar refractivity (Wildman–Crippen MR) is 105 cm³/mol. The number of nitrogens with one attached hydrogen (secondary N) is 1. The number of rotatable bonds is 6. The van der Waals surface area contributed by atoms with Crippen LogP contribution in [0.15, 0.2) is 65.2 Å². The van der Waals surface area contributed by atoms with Gasteiger partial charge in [-0.25, -0.2) is 8.42 Å². The summed E-state index contributed by atoms with van der Waals surface area (Å²) >= 11 is 0. The molecule has 1 fully saturated rings. The molecular weight excluding hydrogens is 376 g/mol. The van der Waals surface area contributed by atoms with Crippen LogP contribution in [-0.2, 0) is 22.3 Å². The minimum Gasteiger partial charge on any atom is -0.333 e. The molecule has 0 atom stereocenters. The standard InChI is InChI=1S/C20H22N4O3S/c25-28(26,16-17-7-3-1-4-8-17)24-13-11-23(12-14-24)15-19-21-20(22-27-19)18-9-5-2-6-10-18/h1-10H,11-16H2/p+1. The second-order valence-corrected chi connectivity index (χ2v) is 8.91. The van der Waals surface area contributed by atoms with Crippen molar-refractivity contribution in [2.75, 3.05) is 26.2 Å². The highest BCUT2D eigenvalue weighted by molar-refractivity contribution is 7.88. The fraction of sp³-hybridized carbons (Fsp3) is 0.300. The van der Waals surface area contributed by atoms with E-state index in [4.69, 9.17) is 4.52 Å². The fourth-order valence-electron chi connectivity index (χ4n) is 3.38. The Morgan fingerprint density at radius 3 is 2.29 bits per heavy atom. The van der Waals surface area contributed by atoms with Crippen molar-refractivity contribution in [2.24, 2.45) is 0 Å². The summed E-state index contributed by atoms with van der Waals surface area (Å²) in [6, 6.07) is 19.0. The van der Waals surface area contributed by atoms with E-state index < -0.39 is 10.0 Å². The number of piperazine rings is 1. The van der Waals surface area contributed by atoms with Crippen molar-refractivity contribution in [1.29, 1.82) is 0 Å². The first-order chi connectivity index (χ1) is 13.6. The normalized spacial score (nSPS) is 16.3. The van der Waals surface area contributed by atoms with Crippen molar-refractivity contribution < 1.29 is 17.8 Å². The van der Waals surface area contributed by atoms with Gasteiger partial charge in [-0.2, -0.15) is 9.29 Å². The van der Waals surface area contributed by atoms with Gasteiger partial charge in [-0.05, 0) is 5.56 Å². The number of sulfonamides is 1. The summed E-state index contributed by atoms with van der Waals surface area (Å²) in [5.74, 6) is 1.21. The van der Waals surface area contributed by atoms with E-state index in [0.29, 0.717) is 31.3 Å². The highest BCUT2D eigenvalue weighted by Crippen LogP contribution is 2.14. The van der Waals surface area contributed by atoms with E-state index in [9.17, 15) is 8.42 Å². The van der Waals surface area contributed by atoms with E-state index in [-0.39, 0.29) is 5.75 Å². The Morgan fingerprint density at radius 1 is 0.964 bits per heavy atom. The zero-order valence-electron chi connectivity index (χ0n) is 15.5. The maximum absolute atomic E-state index is 12.7. The van der Waals surface area contributed by atoms with Crippen LogP contribution < -0.4 is 4.90 Å². The molecule has 8 heteroatoms. The third-order valence-electron chi connectivity index (χ3n) is 4.92. The first-order valence-corrected chi connectivity index (χ1v) is 10.9. The number of quaternary nitrogens is 1. The Kier molecular flexibility index (Phi) is 5.52. The zero-order valence-corrected chi connectivity index (χ0v) is 16.3. The van der Waals surface area contributed by atoms with Gasteiger partial charge in [-0.3, -0.25) is 0 Å². The lowest BCUT2D eigenvalue weighted by Gasteiger charge is -2.30. The first kappa shape index (κ1) is 18.8. The van der Waals surface area contributed by atoms with E-state index in [1.807, 2.05) is 60.7 Å². The third-order valence-corrected chi connectivity index (χ3v) is 6.77. The predicted octanol–water partition coefficient (Wildman–Crippen LogP) is 0.967. The number of hydrogen-bond acceptors (Lipinski definition) is 5. The summed E-state index contributed by atoms with van der Waals surface area (Å²) < 4.78 is 32.3. The fourth-order valence-corrected chi connectivity index (χ4v) is 4.91. The molecule has 0 bridgehead atoms. The minimum absolute atomic E-state index is 0.0489. The van der Waals surface area contributed by atoms with Crippen LogP contribution in [0.2, 0.25) is 0 Å². The monoisotopic (exact) mass is 399 g/mol. The lowest BCUT2D eigenvalue weighted by atomic mass is 10.2. The van der Waals surface area contributed by atoms with Crippen molar-refractivity contribution in [3.63, 3.8) is 0 Å². The van der Waals surface area contributed by atoms with Gasteiger partial charge in [0.25, 0.3) is 5.89 Å². The Bertz CT molecular complexity index is 998. The van der Waals surface area contributed by atoms with E-state index in [1.54, 1.807) is 4.31 Å². The van der Waals surface area contributed by atoms with Crippen molar-refractivity contribution in [1.82, 2.24) is 14.4 Å². The average Bonchev–Trinajstić information content (AvgIpc) is 3.18. The molecule has 1 aromatic heterocycles. The molecule has 0 aliphatic carbocycles. The van der Waals surface area contributed by atoms with Gasteiger partial charge in [0.1, 0.15) is 0 Å². The minimum atomic E-state index is -3.30. The summed E-state index contributed by atoms with van der Waals surface area (Å²) in [4.78, 5) is 5.71. The SMILES string of the molecule is O=S(=O)(Cc1ccccc1)N1CC[NH+](Cc2nc(-c3ccccc3)no2)CC1. The van der Waals surface area contributed by atoms with Gasteiger partial charge in [0.05, 0.1) is 31.9 Å². The number of benzene rings is 2. The Balaban J connectivity index is 1.33. The van der Waals surface area contributed by atoms with E-state index in [2.05, 4.69) is 10.1 Å². The Hall–Kier alpha value is -2.55. The number of hydrogen-bond donors (Lipinski definition) is 1. The van der Waals surface area contributed by atoms with Crippen molar-refractivity contribution in [2.45, 2.75) is 12.3 Å². The molecule has 0 unspecified atom stereocenters. The van der Waals surface area contributed by atoms with Gasteiger partial charge < -0.3 is 9.42 Å². The second kappa shape index (κ2) is 8.22. The van der Waals surface area contributed by atoms with Gasteiger partial charge in [-0.15, -0.1) is 0 Å². The molecule has 2 heterocycles. The van der Waals surface area contributed by atoms with Gasteiger partial charge in [0.15, 0.2) is 6.54 Å². The molecule has 3 aromatic rings. The molecule has 146 valence electrons. The van der Waals surface area contributed by atoms with Crippen LogP contribution in [0.1, 0.15) is 11.5 Å². The lowest BCUT2D eigenvalue weighted by Crippen LogP contribution is -3.13. The molecule has 1 saturated heterocycles. The molecule has 28 heavy (non-hydrogen) atoms. The average molecular weight is 399 g/mol. The summed E-state index contributed by atoms with van der Waals surface area (Å²) in [6.45, 7) is 3.05. The van der Waals surface area contributed by atoms with E-state index in [0.717, 1.165) is 24.2 Å². The van der Waals surface area contributed by atoms with Crippen LogP contribution in [0.25, 0.3) is 11.4 Å². The largest absolute Gasteiger partial charge is 0.333 e. The number of nitrogens with zero attached hydrogens (tertiary/aromatic N) is 3. The maximum atomic E-state index is 12.7. The molecule has 0 amide bonds. The molecular formula is C20H23N4O3S+. The Labute approximate surface area is 164 Å². The van der Waals surface area contributed by atoms with Crippen molar-refractivity contribution in [3.8, 4) is 11.4 Å². The zero-order chi connectivity index (χ0) is 19.4. The van der Waals surface area contributed by atoms with Crippen LogP contribution in [0.5, 0.6) is 0 Å². The van der Waals surface area contributed by atoms with Crippen molar-refractivity contribution in [3.05, 3.63) is 72.1 Å². The molecule has 0 saturated carbocycles. The summed E-state index contributed by atoms with van der Waals surface area (Å²) in [6.07, 6.45) is 0. The van der Waals surface area contributed by atoms with Gasteiger partial charge >= 0.3 is 0 Å². The van der Waals surface area contributed by atoms with Crippen LogP contribution in [0.3, 0.4) is 0 Å². The quantitative estimate of drug-likeness (QED) is 0.668. The van der Waals surface area contributed by atoms with E-state index >= 15 is 0 Å². The van der Waals surface area contributed by atoms with Gasteiger partial charge in [-0.1, -0.05) is 65.8 Å². The maximum Gasteiger partial charge on any atom is 0.282 e. The van der Waals surface area contributed by atoms with Gasteiger partial charge in [0, 0.05) is 5.56 Å². The van der Waals surface area contributed by atoms with E-state index in [1.165, 1.54) is 4.90 Å². The van der Waals surface area contributed by atoms with Crippen molar-refractivity contribution >= 4 is 10.0 Å². The van der Waals surface area contributed by atoms with Gasteiger partial charge in [0.2, 0.25) is 15.8 Å². The van der Waals surface area contributed by atoms with Crippen LogP contribution >= 0.6 is 0 Å². The third kappa shape index (κ3) is 4.46. The molecule has 2 aromatic carbocycles. The van der Waals surface area contributed by atoms with Crippen LogP contribution in [0, 0.1) is 0 Å². The highest BCUT2D eigenvalue weighted by atomic mass is 32.2. The lowest BCUT2D eigenvalue weighted by molar-refractivity contribution is -0.918. The second-order valence-electron chi connectivity index (χ2n) is 6.95. The number of aromatic nitrogens is 2. The molecule has 7 nitrogen and oxygen atoms in total. The summed E-state index contributed by atoms with van der Waals surface area (Å²) in [5.41, 5.74) is 1.74. The first-order valence-electron chi connectivity index (χ1n) is 9.33. The highest BCUT2D eigenvalue weighted by Gasteiger charge is 2.30. The smallest absolute Gasteiger partial charge is 0.282 e.